The van der Waals surface area contributed by atoms with Crippen LogP contribution in [0.25, 0.3) is 22.3 Å². The maximum Gasteiger partial charge on any atom is 0.419 e. The molecule has 1 unspecified atom stereocenters. The van der Waals surface area contributed by atoms with Crippen LogP contribution in [-0.2, 0) is 22.7 Å². The summed E-state index contributed by atoms with van der Waals surface area (Å²) in [5.41, 5.74) is -2.50. The van der Waals surface area contributed by atoms with Crippen LogP contribution in [0.2, 0.25) is 0 Å². The SMILES string of the molecule is Cn1nc(-c2cc(C(F)(F)F)c(F)c(O)c2F)c2cnc(N3CCOC(C4CCOCC4)C3)nc21. The Morgan fingerprint density at radius 3 is 2.57 bits per heavy atom. The smallest absolute Gasteiger partial charge is 0.419 e. The second-order valence-electron chi connectivity index (χ2n) is 8.63. The Morgan fingerprint density at radius 2 is 1.86 bits per heavy atom. The molecule has 0 saturated carbocycles. The fourth-order valence-electron chi connectivity index (χ4n) is 4.61. The van der Waals surface area contributed by atoms with Crippen molar-refractivity contribution in [2.45, 2.75) is 25.1 Å². The number of anilines is 1. The molecule has 0 spiro atoms. The zero-order valence-corrected chi connectivity index (χ0v) is 18.6. The molecule has 0 bridgehead atoms. The van der Waals surface area contributed by atoms with Gasteiger partial charge in [0.05, 0.1) is 23.7 Å². The highest BCUT2D eigenvalue weighted by Gasteiger charge is 2.38. The molecule has 1 atom stereocenters. The third kappa shape index (κ3) is 4.27. The molecule has 2 fully saturated rings. The van der Waals surface area contributed by atoms with Gasteiger partial charge in [-0.05, 0) is 24.8 Å². The van der Waals surface area contributed by atoms with Gasteiger partial charge < -0.3 is 19.5 Å². The van der Waals surface area contributed by atoms with Crippen molar-refractivity contribution < 1.29 is 36.5 Å². The number of aryl methyl sites for hydroxylation is 1. The topological polar surface area (TPSA) is 85.5 Å². The summed E-state index contributed by atoms with van der Waals surface area (Å²) < 4.78 is 81.0. The Morgan fingerprint density at radius 1 is 1.11 bits per heavy atom. The Bertz CT molecular complexity index is 1260. The molecule has 5 rings (SSSR count). The van der Waals surface area contributed by atoms with E-state index in [9.17, 15) is 27.1 Å². The standard InChI is InChI=1S/C22H22F5N5O3/c1-31-20-13(18(30-31)12-8-14(22(25,26)27)17(24)19(33)16(12)23)9-28-21(29-20)32-4-7-35-15(10-32)11-2-5-34-6-3-11/h8-9,11,15,33H,2-7,10H2,1H3. The number of benzene rings is 1. The van der Waals surface area contributed by atoms with E-state index in [1.165, 1.54) is 17.9 Å². The number of halogens is 5. The van der Waals surface area contributed by atoms with Crippen LogP contribution in [0.15, 0.2) is 12.3 Å². The van der Waals surface area contributed by atoms with Crippen LogP contribution in [0.1, 0.15) is 18.4 Å². The fourth-order valence-corrected chi connectivity index (χ4v) is 4.61. The fraction of sp³-hybridized carbons (Fsp3) is 0.500. The van der Waals surface area contributed by atoms with Crippen LogP contribution >= 0.6 is 0 Å². The first-order chi connectivity index (χ1) is 16.6. The minimum absolute atomic E-state index is 0.00822. The summed E-state index contributed by atoms with van der Waals surface area (Å²) in [7, 11) is 1.50. The van der Waals surface area contributed by atoms with Crippen LogP contribution in [0.4, 0.5) is 27.9 Å². The number of rotatable bonds is 3. The van der Waals surface area contributed by atoms with E-state index in [4.69, 9.17) is 9.47 Å². The van der Waals surface area contributed by atoms with E-state index >= 15 is 0 Å². The average Bonchev–Trinajstić information content (AvgIpc) is 3.18. The number of aromatic hydroxyl groups is 1. The lowest BCUT2D eigenvalue weighted by atomic mass is 9.93. The average molecular weight is 499 g/mol. The maximum absolute atomic E-state index is 14.7. The van der Waals surface area contributed by atoms with Gasteiger partial charge in [0.25, 0.3) is 0 Å². The van der Waals surface area contributed by atoms with Gasteiger partial charge in [0.1, 0.15) is 5.69 Å². The van der Waals surface area contributed by atoms with E-state index in [2.05, 4.69) is 15.1 Å². The molecule has 2 aliphatic rings. The van der Waals surface area contributed by atoms with E-state index < -0.39 is 34.7 Å². The summed E-state index contributed by atoms with van der Waals surface area (Å²) in [6.45, 7) is 2.98. The first-order valence-electron chi connectivity index (χ1n) is 11.1. The highest BCUT2D eigenvalue weighted by atomic mass is 19.4. The summed E-state index contributed by atoms with van der Waals surface area (Å²) in [5, 5.41) is 13.9. The van der Waals surface area contributed by atoms with Gasteiger partial charge in [-0.15, -0.1) is 0 Å². The monoisotopic (exact) mass is 499 g/mol. The molecule has 2 saturated heterocycles. The van der Waals surface area contributed by atoms with Gasteiger partial charge in [0.2, 0.25) is 5.95 Å². The highest BCUT2D eigenvalue weighted by molar-refractivity contribution is 5.91. The van der Waals surface area contributed by atoms with Gasteiger partial charge >= 0.3 is 6.18 Å². The molecule has 2 aromatic heterocycles. The molecule has 1 aromatic carbocycles. The van der Waals surface area contributed by atoms with Crippen molar-refractivity contribution >= 4 is 17.0 Å². The molecule has 3 aromatic rings. The Labute approximate surface area is 196 Å². The first kappa shape index (κ1) is 23.7. The summed E-state index contributed by atoms with van der Waals surface area (Å²) in [4.78, 5) is 10.8. The third-order valence-electron chi connectivity index (χ3n) is 6.47. The number of phenolic OH excluding ortho intramolecular Hbond substituents is 1. The molecule has 4 heterocycles. The molecule has 188 valence electrons. The molecular formula is C22H22F5N5O3. The van der Waals surface area contributed by atoms with Crippen LogP contribution < -0.4 is 4.90 Å². The number of ether oxygens (including phenoxy) is 2. The number of fused-ring (bicyclic) bond motifs is 1. The van der Waals surface area contributed by atoms with Crippen molar-refractivity contribution in [3.63, 3.8) is 0 Å². The summed E-state index contributed by atoms with van der Waals surface area (Å²) in [5.74, 6) is -4.61. The lowest BCUT2D eigenvalue weighted by Crippen LogP contribution is -2.47. The van der Waals surface area contributed by atoms with Crippen LogP contribution in [0, 0.1) is 17.6 Å². The van der Waals surface area contributed by atoms with E-state index in [1.54, 1.807) is 0 Å². The van der Waals surface area contributed by atoms with Crippen LogP contribution in [0.5, 0.6) is 5.75 Å². The van der Waals surface area contributed by atoms with Gasteiger partial charge in [-0.25, -0.2) is 18.4 Å². The number of aromatic nitrogens is 4. The van der Waals surface area contributed by atoms with Crippen molar-refractivity contribution in [2.75, 3.05) is 37.8 Å². The number of hydrogen-bond acceptors (Lipinski definition) is 7. The van der Waals surface area contributed by atoms with Gasteiger partial charge in [-0.2, -0.15) is 23.3 Å². The zero-order chi connectivity index (χ0) is 24.9. The van der Waals surface area contributed by atoms with Crippen molar-refractivity contribution in [2.24, 2.45) is 13.0 Å². The number of nitrogens with zero attached hydrogens (tertiary/aromatic N) is 5. The zero-order valence-electron chi connectivity index (χ0n) is 18.6. The summed E-state index contributed by atoms with van der Waals surface area (Å²) in [6, 6.07) is 0.292. The molecule has 0 amide bonds. The number of morpholine rings is 1. The van der Waals surface area contributed by atoms with Crippen molar-refractivity contribution in [3.8, 4) is 17.0 Å². The molecule has 2 aliphatic heterocycles. The molecule has 13 heteroatoms. The molecule has 8 nitrogen and oxygen atoms in total. The van der Waals surface area contributed by atoms with Gasteiger partial charge in [-0.3, -0.25) is 0 Å². The van der Waals surface area contributed by atoms with E-state index in [1.807, 2.05) is 4.90 Å². The molecule has 0 aliphatic carbocycles. The van der Waals surface area contributed by atoms with Crippen molar-refractivity contribution in [1.82, 2.24) is 19.7 Å². The largest absolute Gasteiger partial charge is 0.503 e. The van der Waals surface area contributed by atoms with Crippen molar-refractivity contribution in [1.29, 1.82) is 0 Å². The van der Waals surface area contributed by atoms with Gasteiger partial charge in [0, 0.05) is 45.1 Å². The number of hydrogen-bond donors (Lipinski definition) is 1. The Balaban J connectivity index is 1.51. The predicted octanol–water partition coefficient (Wildman–Crippen LogP) is 3.66. The second kappa shape index (κ2) is 8.86. The predicted molar refractivity (Wildman–Crippen MR) is 114 cm³/mol. The van der Waals surface area contributed by atoms with Crippen LogP contribution in [0.3, 0.4) is 0 Å². The first-order valence-corrected chi connectivity index (χ1v) is 11.1. The van der Waals surface area contributed by atoms with Crippen molar-refractivity contribution in [3.05, 3.63) is 29.5 Å². The minimum Gasteiger partial charge on any atom is -0.503 e. The Hall–Kier alpha value is -3.06. The third-order valence-corrected chi connectivity index (χ3v) is 6.47. The highest BCUT2D eigenvalue weighted by Crippen LogP contribution is 2.41. The summed E-state index contributed by atoms with van der Waals surface area (Å²) in [6.07, 6.45) is -2.01. The van der Waals surface area contributed by atoms with Crippen LogP contribution in [-0.4, -0.2) is 63.9 Å². The summed E-state index contributed by atoms with van der Waals surface area (Å²) >= 11 is 0. The molecule has 0 radical (unpaired) electrons. The molecular weight excluding hydrogens is 477 g/mol. The maximum atomic E-state index is 14.7. The minimum atomic E-state index is -5.14. The lowest BCUT2D eigenvalue weighted by molar-refractivity contribution is -0.140. The number of phenols is 1. The van der Waals surface area contributed by atoms with Gasteiger partial charge in [0.15, 0.2) is 23.0 Å². The normalized spacial score (nSPS) is 20.1. The molecule has 1 N–H and O–H groups in total. The second-order valence-corrected chi connectivity index (χ2v) is 8.63. The lowest BCUT2D eigenvalue weighted by Gasteiger charge is -2.38. The van der Waals surface area contributed by atoms with Gasteiger partial charge in [-0.1, -0.05) is 0 Å². The van der Waals surface area contributed by atoms with E-state index in [-0.39, 0.29) is 22.8 Å². The van der Waals surface area contributed by atoms with E-state index in [0.717, 1.165) is 12.8 Å². The quantitative estimate of drug-likeness (QED) is 0.551. The Kier molecular flexibility index (Phi) is 5.99. The number of alkyl halides is 3. The molecule has 35 heavy (non-hydrogen) atoms. The van der Waals surface area contributed by atoms with E-state index in [0.29, 0.717) is 50.8 Å².